The number of benzene rings is 1. The molecule has 1 atom stereocenters. The van der Waals surface area contributed by atoms with E-state index in [1.807, 2.05) is 0 Å². The summed E-state index contributed by atoms with van der Waals surface area (Å²) >= 11 is 0. The Bertz CT molecular complexity index is 618. The second kappa shape index (κ2) is 4.56. The molecule has 0 radical (unpaired) electrons. The first-order valence-corrected chi connectivity index (χ1v) is 7.44. The molecule has 3 aliphatic heterocycles. The van der Waals surface area contributed by atoms with E-state index in [4.69, 9.17) is 9.47 Å². The Hall–Kier alpha value is -1.88. The molecule has 1 aromatic carbocycles. The number of hydrogen-bond donors (Lipinski definition) is 0. The minimum atomic E-state index is -0.445. The molecule has 4 rings (SSSR count). The van der Waals surface area contributed by atoms with E-state index in [-0.39, 0.29) is 11.5 Å². The molecule has 0 aromatic heterocycles. The molecule has 1 spiro atoms. The highest BCUT2D eigenvalue weighted by Crippen LogP contribution is 2.44. The molecule has 0 unspecified atom stereocenters. The lowest BCUT2D eigenvalue weighted by atomic mass is 9.84. The summed E-state index contributed by atoms with van der Waals surface area (Å²) in [5.41, 5.74) is 2.45. The van der Waals surface area contributed by atoms with Crippen molar-refractivity contribution in [3.05, 3.63) is 35.4 Å². The third-order valence-electron chi connectivity index (χ3n) is 4.69. The van der Waals surface area contributed by atoms with Crippen molar-refractivity contribution in [1.82, 2.24) is 4.90 Å². The number of carbonyl (C=O) groups is 1. The second-order valence-corrected chi connectivity index (χ2v) is 5.92. The number of ether oxygens (including phenoxy) is 2. The maximum atomic E-state index is 11.5. The quantitative estimate of drug-likeness (QED) is 0.730. The zero-order chi connectivity index (χ0) is 14.4. The lowest BCUT2D eigenvalue weighted by Gasteiger charge is -2.39. The van der Waals surface area contributed by atoms with Crippen molar-refractivity contribution >= 4 is 11.9 Å². The molecule has 1 aromatic rings. The molecular formula is C16H18N2O3. The van der Waals surface area contributed by atoms with Crippen LogP contribution in [-0.4, -0.2) is 36.0 Å². The standard InChI is InChI=1S/C16H18N2O3/c1-11-14(19)17-15(21-11)18-8-6-16(7-9-18)13-5-3-2-4-12(13)10-20-16/h2-5,11H,6-10H2,1H3/t11-/m1/s1. The maximum absolute atomic E-state index is 11.5. The van der Waals surface area contributed by atoms with E-state index in [2.05, 4.69) is 34.2 Å². The molecule has 0 bridgehead atoms. The summed E-state index contributed by atoms with van der Waals surface area (Å²) in [5, 5.41) is 0. The molecule has 0 N–H and O–H groups in total. The maximum Gasteiger partial charge on any atom is 0.296 e. The number of aliphatic imine (C=N–C) groups is 1. The number of rotatable bonds is 0. The van der Waals surface area contributed by atoms with Crippen LogP contribution in [0.25, 0.3) is 0 Å². The Morgan fingerprint density at radius 3 is 2.76 bits per heavy atom. The van der Waals surface area contributed by atoms with Crippen LogP contribution in [-0.2, 0) is 26.5 Å². The van der Waals surface area contributed by atoms with Crippen LogP contribution in [0, 0.1) is 0 Å². The monoisotopic (exact) mass is 286 g/mol. The Morgan fingerprint density at radius 2 is 2.05 bits per heavy atom. The van der Waals surface area contributed by atoms with Crippen LogP contribution in [0.2, 0.25) is 0 Å². The van der Waals surface area contributed by atoms with Crippen molar-refractivity contribution in [1.29, 1.82) is 0 Å². The van der Waals surface area contributed by atoms with Crippen molar-refractivity contribution in [3.63, 3.8) is 0 Å². The first-order chi connectivity index (χ1) is 10.2. The summed E-state index contributed by atoms with van der Waals surface area (Å²) in [6.07, 6.45) is 1.35. The summed E-state index contributed by atoms with van der Waals surface area (Å²) in [5.74, 6) is -0.187. The minimum Gasteiger partial charge on any atom is -0.452 e. The molecule has 21 heavy (non-hydrogen) atoms. The molecule has 1 amide bonds. The number of fused-ring (bicyclic) bond motifs is 2. The number of nitrogens with zero attached hydrogens (tertiary/aromatic N) is 2. The molecule has 3 heterocycles. The van der Waals surface area contributed by atoms with Gasteiger partial charge in [-0.3, -0.25) is 4.79 Å². The molecule has 3 aliphatic rings. The summed E-state index contributed by atoms with van der Waals surface area (Å²) in [6.45, 7) is 4.03. The highest BCUT2D eigenvalue weighted by Gasteiger charge is 2.43. The third kappa shape index (κ3) is 1.95. The highest BCUT2D eigenvalue weighted by atomic mass is 16.5. The Labute approximate surface area is 123 Å². The topological polar surface area (TPSA) is 51.1 Å². The highest BCUT2D eigenvalue weighted by molar-refractivity contribution is 5.98. The van der Waals surface area contributed by atoms with E-state index in [0.717, 1.165) is 25.9 Å². The molecule has 5 heteroatoms. The fourth-order valence-electron chi connectivity index (χ4n) is 3.42. The lowest BCUT2D eigenvalue weighted by Crippen LogP contribution is -2.45. The van der Waals surface area contributed by atoms with Gasteiger partial charge in [-0.25, -0.2) is 0 Å². The van der Waals surface area contributed by atoms with Gasteiger partial charge in [0.05, 0.1) is 12.2 Å². The van der Waals surface area contributed by atoms with Gasteiger partial charge >= 0.3 is 0 Å². The van der Waals surface area contributed by atoms with Gasteiger partial charge in [0.1, 0.15) is 0 Å². The van der Waals surface area contributed by atoms with E-state index < -0.39 is 6.10 Å². The fourth-order valence-corrected chi connectivity index (χ4v) is 3.42. The Balaban J connectivity index is 1.51. The van der Waals surface area contributed by atoms with E-state index in [0.29, 0.717) is 12.6 Å². The van der Waals surface area contributed by atoms with Gasteiger partial charge in [0, 0.05) is 13.1 Å². The molecule has 1 fully saturated rings. The van der Waals surface area contributed by atoms with Gasteiger partial charge in [-0.05, 0) is 30.9 Å². The minimum absolute atomic E-state index is 0.165. The first kappa shape index (κ1) is 12.8. The smallest absolute Gasteiger partial charge is 0.296 e. The van der Waals surface area contributed by atoms with Crippen molar-refractivity contribution in [2.24, 2.45) is 4.99 Å². The zero-order valence-electron chi connectivity index (χ0n) is 12.0. The van der Waals surface area contributed by atoms with Gasteiger partial charge < -0.3 is 14.4 Å². The second-order valence-electron chi connectivity index (χ2n) is 5.92. The number of likely N-dealkylation sites (tertiary alicyclic amines) is 1. The van der Waals surface area contributed by atoms with E-state index in [9.17, 15) is 4.79 Å². The van der Waals surface area contributed by atoms with Gasteiger partial charge in [-0.2, -0.15) is 4.99 Å². The third-order valence-corrected chi connectivity index (χ3v) is 4.69. The summed E-state index contributed by atoms with van der Waals surface area (Å²) in [7, 11) is 0. The van der Waals surface area contributed by atoms with Gasteiger partial charge in [0.25, 0.3) is 11.9 Å². The zero-order valence-corrected chi connectivity index (χ0v) is 12.0. The van der Waals surface area contributed by atoms with Gasteiger partial charge in [0.15, 0.2) is 6.10 Å². The van der Waals surface area contributed by atoms with Crippen LogP contribution in [0.5, 0.6) is 0 Å². The average molecular weight is 286 g/mol. The largest absolute Gasteiger partial charge is 0.452 e. The molecular weight excluding hydrogens is 268 g/mol. The first-order valence-electron chi connectivity index (χ1n) is 7.44. The van der Waals surface area contributed by atoms with Crippen LogP contribution in [0.3, 0.4) is 0 Å². The van der Waals surface area contributed by atoms with E-state index in [1.54, 1.807) is 6.92 Å². The molecule has 110 valence electrons. The molecule has 0 aliphatic carbocycles. The SMILES string of the molecule is C[C@H]1OC(N2CCC3(CC2)OCc2ccccc23)=NC1=O. The van der Waals surface area contributed by atoms with Gasteiger partial charge in [-0.15, -0.1) is 0 Å². The van der Waals surface area contributed by atoms with Crippen molar-refractivity contribution in [2.75, 3.05) is 13.1 Å². The molecule has 0 saturated carbocycles. The predicted octanol–water partition coefficient (Wildman–Crippen LogP) is 1.81. The van der Waals surface area contributed by atoms with Crippen LogP contribution in [0.15, 0.2) is 29.3 Å². The van der Waals surface area contributed by atoms with Gasteiger partial charge in [0.2, 0.25) is 0 Å². The van der Waals surface area contributed by atoms with E-state index >= 15 is 0 Å². The lowest BCUT2D eigenvalue weighted by molar-refractivity contribution is -0.122. The normalized spacial score (nSPS) is 26.7. The van der Waals surface area contributed by atoms with Crippen LogP contribution >= 0.6 is 0 Å². The average Bonchev–Trinajstić information content (AvgIpc) is 3.03. The number of carbonyl (C=O) groups excluding carboxylic acids is 1. The summed E-state index contributed by atoms with van der Waals surface area (Å²) < 4.78 is 11.6. The fraction of sp³-hybridized carbons (Fsp3) is 0.500. The van der Waals surface area contributed by atoms with Crippen molar-refractivity contribution < 1.29 is 14.3 Å². The van der Waals surface area contributed by atoms with Crippen molar-refractivity contribution in [3.8, 4) is 0 Å². The Morgan fingerprint density at radius 1 is 1.29 bits per heavy atom. The van der Waals surface area contributed by atoms with Crippen molar-refractivity contribution in [2.45, 2.75) is 38.1 Å². The predicted molar refractivity (Wildman–Crippen MR) is 76.7 cm³/mol. The van der Waals surface area contributed by atoms with Crippen LogP contribution in [0.1, 0.15) is 30.9 Å². The van der Waals surface area contributed by atoms with Crippen LogP contribution in [0.4, 0.5) is 0 Å². The summed E-state index contributed by atoms with van der Waals surface area (Å²) in [4.78, 5) is 17.5. The summed E-state index contributed by atoms with van der Waals surface area (Å²) in [6, 6.07) is 8.93. The van der Waals surface area contributed by atoms with Crippen LogP contribution < -0.4 is 0 Å². The van der Waals surface area contributed by atoms with E-state index in [1.165, 1.54) is 11.1 Å². The number of piperidine rings is 1. The molecule has 5 nitrogen and oxygen atoms in total. The van der Waals surface area contributed by atoms with Gasteiger partial charge in [-0.1, -0.05) is 24.3 Å². The molecule has 1 saturated heterocycles. The Kier molecular flexibility index (Phi) is 2.79. The number of amidine groups is 1. The number of amides is 1. The number of hydrogen-bond acceptors (Lipinski definition) is 4.